The number of rotatable bonds is 5. The summed E-state index contributed by atoms with van der Waals surface area (Å²) in [7, 11) is 0. The fourth-order valence-corrected chi connectivity index (χ4v) is 1.93. The molecule has 1 aromatic heterocycles. The van der Waals surface area contributed by atoms with E-state index in [1.807, 2.05) is 25.1 Å². The minimum Gasteiger partial charge on any atom is -0.480 e. The van der Waals surface area contributed by atoms with Crippen LogP contribution in [0.3, 0.4) is 0 Å². The summed E-state index contributed by atoms with van der Waals surface area (Å²) in [5, 5.41) is 15.3. The van der Waals surface area contributed by atoms with Crippen molar-refractivity contribution in [3.63, 3.8) is 0 Å². The average molecular weight is 288 g/mol. The van der Waals surface area contributed by atoms with Crippen molar-refractivity contribution in [1.29, 1.82) is 0 Å². The van der Waals surface area contributed by atoms with Gasteiger partial charge in [-0.05, 0) is 18.6 Å². The quantitative estimate of drug-likeness (QED) is 0.603. The predicted molar refractivity (Wildman–Crippen MR) is 80.0 cm³/mol. The van der Waals surface area contributed by atoms with Crippen LogP contribution in [-0.2, 0) is 9.59 Å². The number of carboxylic acid groups (broad SMARTS) is 1. The molecule has 0 radical (unpaired) electrons. The zero-order chi connectivity index (χ0) is 15.4. The zero-order valence-corrected chi connectivity index (χ0v) is 11.5. The first-order valence-corrected chi connectivity index (χ1v) is 6.35. The summed E-state index contributed by atoms with van der Waals surface area (Å²) in [6.07, 6.45) is 1.61. The molecule has 0 spiro atoms. The molecule has 0 aliphatic carbocycles. The smallest absolute Gasteiger partial charge is 0.322 e. The van der Waals surface area contributed by atoms with E-state index in [0.29, 0.717) is 11.5 Å². The van der Waals surface area contributed by atoms with Crippen molar-refractivity contribution in [2.24, 2.45) is 0 Å². The molecule has 7 heteroatoms. The molecule has 0 fully saturated rings. The number of aryl methyl sites for hydroxylation is 1. The van der Waals surface area contributed by atoms with E-state index in [1.165, 1.54) is 0 Å². The van der Waals surface area contributed by atoms with Gasteiger partial charge in [0.05, 0.1) is 6.54 Å². The van der Waals surface area contributed by atoms with Crippen LogP contribution in [0.15, 0.2) is 24.4 Å². The second-order valence-electron chi connectivity index (χ2n) is 4.57. The number of anilines is 2. The van der Waals surface area contributed by atoms with Gasteiger partial charge in [-0.2, -0.15) is 0 Å². The second kappa shape index (κ2) is 6.08. The fraction of sp³-hybridized carbons (Fsp3) is 0.214. The molecule has 5 N–H and O–H groups in total. The molecule has 1 aromatic carbocycles. The molecule has 7 nitrogen and oxygen atoms in total. The Labute approximate surface area is 121 Å². The monoisotopic (exact) mass is 288 g/mol. The minimum atomic E-state index is -1.09. The molecule has 21 heavy (non-hydrogen) atoms. The van der Waals surface area contributed by atoms with Crippen LogP contribution in [0, 0.1) is 6.92 Å². The Bertz CT molecular complexity index is 700. The van der Waals surface area contributed by atoms with Crippen molar-refractivity contribution in [3.05, 3.63) is 30.0 Å². The van der Waals surface area contributed by atoms with Gasteiger partial charge >= 0.3 is 5.97 Å². The highest BCUT2D eigenvalue weighted by Gasteiger charge is 2.08. The number of nitrogens with two attached hydrogens (primary N) is 1. The van der Waals surface area contributed by atoms with Gasteiger partial charge < -0.3 is 21.5 Å². The zero-order valence-electron chi connectivity index (χ0n) is 11.5. The van der Waals surface area contributed by atoms with Gasteiger partial charge in [-0.15, -0.1) is 0 Å². The Balaban J connectivity index is 2.14. The third-order valence-corrected chi connectivity index (χ3v) is 3.06. The Morgan fingerprint density at radius 3 is 2.71 bits per heavy atom. The molecule has 2 aromatic rings. The summed E-state index contributed by atoms with van der Waals surface area (Å²) in [4.78, 5) is 26.0. The van der Waals surface area contributed by atoms with Crippen molar-refractivity contribution in [3.8, 4) is 0 Å². The third kappa shape index (κ3) is 3.38. The largest absolute Gasteiger partial charge is 0.480 e. The van der Waals surface area contributed by atoms with Crippen molar-refractivity contribution < 1.29 is 14.7 Å². The number of fused-ring (bicyclic) bond motifs is 1. The van der Waals surface area contributed by atoms with Crippen molar-refractivity contribution in [1.82, 2.24) is 10.3 Å². The Hall–Kier alpha value is -2.83. The first kappa shape index (κ1) is 14.6. The summed E-state index contributed by atoms with van der Waals surface area (Å²) in [6, 6.07) is 5.58. The molecule has 0 aliphatic rings. The number of carbonyl (C=O) groups excluding carboxylic acids is 1. The van der Waals surface area contributed by atoms with Gasteiger partial charge in [0, 0.05) is 22.7 Å². The number of nitrogens with zero attached hydrogens (tertiary/aromatic N) is 1. The first-order chi connectivity index (χ1) is 9.99. The minimum absolute atomic E-state index is 0.0623. The summed E-state index contributed by atoms with van der Waals surface area (Å²) in [5.41, 5.74) is 7.67. The van der Waals surface area contributed by atoms with Crippen LogP contribution in [0.4, 0.5) is 11.5 Å². The molecule has 1 amide bonds. The molecule has 0 aliphatic heterocycles. The highest BCUT2D eigenvalue weighted by atomic mass is 16.4. The fourth-order valence-electron chi connectivity index (χ4n) is 1.93. The maximum Gasteiger partial charge on any atom is 0.322 e. The number of benzene rings is 1. The van der Waals surface area contributed by atoms with Gasteiger partial charge in [0.15, 0.2) is 0 Å². The van der Waals surface area contributed by atoms with E-state index in [-0.39, 0.29) is 6.54 Å². The number of aromatic nitrogens is 1. The van der Waals surface area contributed by atoms with Crippen LogP contribution in [0.2, 0.25) is 0 Å². The van der Waals surface area contributed by atoms with Gasteiger partial charge in [0.1, 0.15) is 12.4 Å². The van der Waals surface area contributed by atoms with Crippen LogP contribution in [0.5, 0.6) is 0 Å². The van der Waals surface area contributed by atoms with E-state index in [0.717, 1.165) is 16.3 Å². The van der Waals surface area contributed by atoms with Gasteiger partial charge in [0.2, 0.25) is 5.91 Å². The SMILES string of the molecule is Cc1ccc2c(NCC(=O)NCC(=O)O)nccc2c1N. The highest BCUT2D eigenvalue weighted by molar-refractivity contribution is 6.00. The Kier molecular flexibility index (Phi) is 4.22. The molecule has 110 valence electrons. The summed E-state index contributed by atoms with van der Waals surface area (Å²) >= 11 is 0. The van der Waals surface area contributed by atoms with Crippen molar-refractivity contribution >= 4 is 34.2 Å². The van der Waals surface area contributed by atoms with E-state index in [4.69, 9.17) is 10.8 Å². The molecular formula is C14H16N4O3. The lowest BCUT2D eigenvalue weighted by Crippen LogP contribution is -2.34. The van der Waals surface area contributed by atoms with Gasteiger partial charge in [0.25, 0.3) is 0 Å². The average Bonchev–Trinajstić information content (AvgIpc) is 2.46. The number of amides is 1. The number of carboxylic acids is 1. The van der Waals surface area contributed by atoms with Gasteiger partial charge in [-0.3, -0.25) is 9.59 Å². The number of pyridine rings is 1. The van der Waals surface area contributed by atoms with Crippen molar-refractivity contribution in [2.75, 3.05) is 24.1 Å². The third-order valence-electron chi connectivity index (χ3n) is 3.06. The van der Waals surface area contributed by atoms with Gasteiger partial charge in [-0.1, -0.05) is 12.1 Å². The predicted octanol–water partition coefficient (Wildman–Crippen LogP) is 0.738. The number of carbonyl (C=O) groups is 2. The topological polar surface area (TPSA) is 117 Å². The molecule has 1 heterocycles. The van der Waals surface area contributed by atoms with E-state index in [9.17, 15) is 9.59 Å². The van der Waals surface area contributed by atoms with Crippen LogP contribution in [-0.4, -0.2) is 35.1 Å². The molecular weight excluding hydrogens is 272 g/mol. The van der Waals surface area contributed by atoms with E-state index in [2.05, 4.69) is 15.6 Å². The van der Waals surface area contributed by atoms with Crippen LogP contribution in [0.1, 0.15) is 5.56 Å². The maximum atomic E-state index is 11.5. The number of hydrogen-bond donors (Lipinski definition) is 4. The molecule has 0 saturated heterocycles. The highest BCUT2D eigenvalue weighted by Crippen LogP contribution is 2.28. The number of nitrogen functional groups attached to an aromatic ring is 1. The molecule has 0 bridgehead atoms. The van der Waals surface area contributed by atoms with E-state index in [1.54, 1.807) is 6.20 Å². The summed E-state index contributed by atoms with van der Waals surface area (Å²) in [5.74, 6) is -0.976. The molecule has 2 rings (SSSR count). The second-order valence-corrected chi connectivity index (χ2v) is 4.57. The van der Waals surface area contributed by atoms with E-state index < -0.39 is 18.4 Å². The van der Waals surface area contributed by atoms with E-state index >= 15 is 0 Å². The maximum absolute atomic E-state index is 11.5. The standard InChI is InChI=1S/C14H16N4O3/c1-8-2-3-10-9(13(8)15)4-5-16-14(10)18-6-11(19)17-7-12(20)21/h2-5H,6-7,15H2,1H3,(H,16,18)(H,17,19)(H,20,21). The van der Waals surface area contributed by atoms with Gasteiger partial charge in [-0.25, -0.2) is 4.98 Å². The number of hydrogen-bond acceptors (Lipinski definition) is 5. The lowest BCUT2D eigenvalue weighted by Gasteiger charge is -2.11. The normalized spacial score (nSPS) is 10.3. The van der Waals surface area contributed by atoms with Crippen LogP contribution in [0.25, 0.3) is 10.8 Å². The first-order valence-electron chi connectivity index (χ1n) is 6.35. The number of aliphatic carboxylic acids is 1. The Morgan fingerprint density at radius 2 is 2.00 bits per heavy atom. The lowest BCUT2D eigenvalue weighted by molar-refractivity contribution is -0.137. The summed E-state index contributed by atoms with van der Waals surface area (Å²) < 4.78 is 0. The Morgan fingerprint density at radius 1 is 1.24 bits per heavy atom. The molecule has 0 atom stereocenters. The van der Waals surface area contributed by atoms with Crippen molar-refractivity contribution in [2.45, 2.75) is 6.92 Å². The number of nitrogens with one attached hydrogen (secondary N) is 2. The summed E-state index contributed by atoms with van der Waals surface area (Å²) in [6.45, 7) is 1.45. The van der Waals surface area contributed by atoms with Crippen LogP contribution >= 0.6 is 0 Å². The lowest BCUT2D eigenvalue weighted by atomic mass is 10.1. The molecule has 0 saturated carbocycles. The molecule has 0 unspecified atom stereocenters. The van der Waals surface area contributed by atoms with Crippen LogP contribution < -0.4 is 16.4 Å².